The lowest BCUT2D eigenvalue weighted by Crippen LogP contribution is -1.85. The molecule has 0 atom stereocenters. The molecule has 5 nitrogen and oxygen atoms in total. The van der Waals surface area contributed by atoms with Crippen molar-refractivity contribution in [3.63, 3.8) is 0 Å². The van der Waals surface area contributed by atoms with E-state index in [4.69, 9.17) is 25.5 Å². The first-order valence-corrected chi connectivity index (χ1v) is 6.67. The molecule has 0 aromatic carbocycles. The van der Waals surface area contributed by atoms with Crippen molar-refractivity contribution in [2.45, 2.75) is 86.7 Å². The molecule has 5 N–H and O–H groups in total. The van der Waals surface area contributed by atoms with Gasteiger partial charge in [-0.3, -0.25) is 0 Å². The van der Waals surface area contributed by atoms with Crippen molar-refractivity contribution in [2.75, 3.05) is 6.61 Å². The van der Waals surface area contributed by atoms with Crippen LogP contribution in [0.4, 0.5) is 0 Å². The quantitative estimate of drug-likeness (QED) is 0.465. The summed E-state index contributed by atoms with van der Waals surface area (Å²) in [4.78, 5) is 0. The zero-order chi connectivity index (χ0) is 17.0. The third kappa shape index (κ3) is 111000. The zero-order valence-electron chi connectivity index (χ0n) is 14.3. The number of rotatable bonds is 0. The Labute approximate surface area is 119 Å². The van der Waals surface area contributed by atoms with Crippen molar-refractivity contribution >= 4 is 0 Å². The minimum atomic E-state index is -0.167. The maximum Gasteiger partial charge on any atom is 0.0483 e. The first kappa shape index (κ1) is 31.3. The lowest BCUT2D eigenvalue weighted by molar-refractivity contribution is 0.215. The zero-order valence-corrected chi connectivity index (χ0v) is 14.3. The molecule has 0 bridgehead atoms. The van der Waals surface area contributed by atoms with E-state index in [0.29, 0.717) is 0 Å². The average Bonchev–Trinajstić information content (AvgIpc) is 1.97. The summed E-state index contributed by atoms with van der Waals surface area (Å²) in [5.41, 5.74) is 0. The summed E-state index contributed by atoms with van der Waals surface area (Å²) in [6.45, 7) is 15.7. The number of aliphatic hydroxyl groups is 5. The van der Waals surface area contributed by atoms with Gasteiger partial charge in [-0.05, 0) is 62.3 Å². The normalized spacial score (nSPS) is 8.53. The Hall–Kier alpha value is -0.200. The highest BCUT2D eigenvalue weighted by molar-refractivity contribution is 4.21. The summed E-state index contributed by atoms with van der Waals surface area (Å²) < 4.78 is 0. The van der Waals surface area contributed by atoms with Gasteiger partial charge in [0.15, 0.2) is 0 Å². The summed E-state index contributed by atoms with van der Waals surface area (Å²) in [5, 5.41) is 39.8. The molecule has 0 heterocycles. The lowest BCUT2D eigenvalue weighted by atomic mass is 10.5. The maximum absolute atomic E-state index is 8.06. The highest BCUT2D eigenvalue weighted by atomic mass is 16.3. The van der Waals surface area contributed by atoms with Gasteiger partial charge < -0.3 is 25.5 Å². The second-order valence-electron chi connectivity index (χ2n) is 4.69. The Morgan fingerprint density at radius 1 is 0.526 bits per heavy atom. The predicted molar refractivity (Wildman–Crippen MR) is 82.2 cm³/mol. The van der Waals surface area contributed by atoms with Crippen molar-refractivity contribution in [2.24, 2.45) is 0 Å². The van der Waals surface area contributed by atoms with Crippen LogP contribution in [-0.4, -0.2) is 56.6 Å². The maximum atomic E-state index is 8.06. The number of aliphatic hydroxyl groups excluding tert-OH is 5. The lowest BCUT2D eigenvalue weighted by Gasteiger charge is -1.80. The van der Waals surface area contributed by atoms with Crippen LogP contribution in [-0.2, 0) is 0 Å². The van der Waals surface area contributed by atoms with Crippen molar-refractivity contribution in [1.29, 1.82) is 0 Å². The van der Waals surface area contributed by atoms with Crippen LogP contribution in [0.25, 0.3) is 0 Å². The fraction of sp³-hybridized carbons (Fsp3) is 1.00. The smallest absolute Gasteiger partial charge is 0.0483 e. The van der Waals surface area contributed by atoms with Gasteiger partial charge in [0.25, 0.3) is 0 Å². The van der Waals surface area contributed by atoms with E-state index in [2.05, 4.69) is 0 Å². The summed E-state index contributed by atoms with van der Waals surface area (Å²) in [7, 11) is 0. The van der Waals surface area contributed by atoms with E-state index in [9.17, 15) is 0 Å². The fourth-order valence-electron chi connectivity index (χ4n) is 0. The van der Waals surface area contributed by atoms with Gasteiger partial charge in [-0.25, -0.2) is 0 Å². The van der Waals surface area contributed by atoms with Crippen LogP contribution >= 0.6 is 0 Å². The molecule has 0 saturated heterocycles. The van der Waals surface area contributed by atoms with Crippen LogP contribution < -0.4 is 0 Å². The molecule has 0 rings (SSSR count). The van der Waals surface area contributed by atoms with E-state index in [1.165, 1.54) is 0 Å². The molecular formula is C14H38O5. The molecule has 0 radical (unpaired) electrons. The molecule has 0 amide bonds. The minimum absolute atomic E-state index is 0.167. The van der Waals surface area contributed by atoms with E-state index in [1.807, 2.05) is 0 Å². The van der Waals surface area contributed by atoms with Crippen LogP contribution in [0.2, 0.25) is 0 Å². The van der Waals surface area contributed by atoms with Crippen molar-refractivity contribution in [1.82, 2.24) is 0 Å². The van der Waals surface area contributed by atoms with Gasteiger partial charge in [-0.15, -0.1) is 0 Å². The van der Waals surface area contributed by atoms with Gasteiger partial charge in [0.2, 0.25) is 0 Å². The molecular weight excluding hydrogens is 248 g/mol. The molecule has 0 unspecified atom stereocenters. The van der Waals surface area contributed by atoms with E-state index < -0.39 is 0 Å². The molecule has 19 heavy (non-hydrogen) atoms. The molecule has 0 aliphatic rings. The Kier molecular flexibility index (Phi) is 50.5. The predicted octanol–water partition coefficient (Wildman–Crippen LogP) is 1.55. The first-order valence-electron chi connectivity index (χ1n) is 6.67. The largest absolute Gasteiger partial charge is 0.397 e. The molecule has 124 valence electrons. The Morgan fingerprint density at radius 3 is 0.526 bits per heavy atom. The summed E-state index contributed by atoms with van der Waals surface area (Å²) in [6, 6.07) is 0. The van der Waals surface area contributed by atoms with Gasteiger partial charge in [0, 0.05) is 31.0 Å². The topological polar surface area (TPSA) is 101 Å². The standard InChI is InChI=1S/4C3H8O.C2H6O/c4*1-3(2)4;1-2-3/h4*3-4H,1-2H3;3H,2H2,1H3. The average molecular weight is 286 g/mol. The minimum Gasteiger partial charge on any atom is -0.397 e. The molecule has 0 saturated carbocycles. The molecule has 0 aromatic rings. The number of hydrogen-bond acceptors (Lipinski definition) is 5. The van der Waals surface area contributed by atoms with Gasteiger partial charge >= 0.3 is 0 Å². The first-order chi connectivity index (χ1) is 8.34. The molecule has 0 aliphatic carbocycles. The Bertz CT molecular complexity index is 69.0. The highest BCUT2D eigenvalue weighted by Crippen LogP contribution is 1.66. The van der Waals surface area contributed by atoms with Crippen LogP contribution in [0.1, 0.15) is 62.3 Å². The third-order valence-corrected chi connectivity index (χ3v) is 0. The highest BCUT2D eigenvalue weighted by Gasteiger charge is 1.70. The Morgan fingerprint density at radius 2 is 0.526 bits per heavy atom. The fourth-order valence-corrected chi connectivity index (χ4v) is 0. The van der Waals surface area contributed by atoms with Gasteiger partial charge in [-0.2, -0.15) is 0 Å². The SMILES string of the molecule is CC(C)O.CC(C)O.CC(C)O.CC(C)O.CCO. The molecule has 5 heteroatoms. The molecule has 0 aliphatic heterocycles. The van der Waals surface area contributed by atoms with Gasteiger partial charge in [0.1, 0.15) is 0 Å². The van der Waals surface area contributed by atoms with E-state index in [-0.39, 0.29) is 31.0 Å². The molecule has 0 spiro atoms. The van der Waals surface area contributed by atoms with Crippen LogP contribution in [0.15, 0.2) is 0 Å². The molecule has 0 aromatic heterocycles. The van der Waals surface area contributed by atoms with Crippen LogP contribution in [0, 0.1) is 0 Å². The third-order valence-electron chi connectivity index (χ3n) is 0. The van der Waals surface area contributed by atoms with E-state index in [0.717, 1.165) is 0 Å². The summed E-state index contributed by atoms with van der Waals surface area (Å²) >= 11 is 0. The van der Waals surface area contributed by atoms with Crippen molar-refractivity contribution in [3.8, 4) is 0 Å². The van der Waals surface area contributed by atoms with Crippen molar-refractivity contribution in [3.05, 3.63) is 0 Å². The second kappa shape index (κ2) is 30.7. The molecule has 0 fully saturated rings. The van der Waals surface area contributed by atoms with E-state index >= 15 is 0 Å². The van der Waals surface area contributed by atoms with Crippen LogP contribution in [0.5, 0.6) is 0 Å². The van der Waals surface area contributed by atoms with Gasteiger partial charge in [0.05, 0.1) is 0 Å². The Balaban J connectivity index is -0.0000000432. The van der Waals surface area contributed by atoms with Crippen molar-refractivity contribution < 1.29 is 25.5 Å². The van der Waals surface area contributed by atoms with Crippen LogP contribution in [0.3, 0.4) is 0 Å². The summed E-state index contributed by atoms with van der Waals surface area (Å²) in [6.07, 6.45) is -0.667. The second-order valence-corrected chi connectivity index (χ2v) is 4.69. The monoisotopic (exact) mass is 286 g/mol. The summed E-state index contributed by atoms with van der Waals surface area (Å²) in [5.74, 6) is 0. The van der Waals surface area contributed by atoms with E-state index in [1.54, 1.807) is 62.3 Å². The van der Waals surface area contributed by atoms with Gasteiger partial charge in [-0.1, -0.05) is 0 Å². The number of hydrogen-bond donors (Lipinski definition) is 5.